The second-order valence-electron chi connectivity index (χ2n) is 25.9. The number of rotatable bonds is 71. The second-order valence-corrected chi connectivity index (χ2v) is 25.9. The number of allylic oxidation sites excluding steroid dienone is 2. The van der Waals surface area contributed by atoms with Crippen LogP contribution in [0.3, 0.4) is 0 Å². The number of unbranched alkanes of at least 4 members (excludes halogenated alkanes) is 58. The highest BCUT2D eigenvalue weighted by Gasteiger charge is 2.20. The highest BCUT2D eigenvalue weighted by molar-refractivity contribution is 5.71. The van der Waals surface area contributed by atoms with Crippen molar-refractivity contribution in [1.82, 2.24) is 0 Å². The fourth-order valence-corrected chi connectivity index (χ4v) is 11.8. The molecular weight excluding hydrogens is 1010 g/mol. The first-order valence-corrected chi connectivity index (χ1v) is 37.7. The molecule has 0 fully saturated rings. The maximum absolute atomic E-state index is 13.0. The third kappa shape index (κ3) is 68.9. The van der Waals surface area contributed by atoms with Gasteiger partial charge in [0.25, 0.3) is 0 Å². The Hall–Kier alpha value is -1.85. The van der Waals surface area contributed by atoms with Crippen molar-refractivity contribution in [3.05, 3.63) is 12.2 Å². The lowest BCUT2D eigenvalue weighted by atomic mass is 10.0. The number of carbonyl (C=O) groups excluding carboxylic acids is 3. The Bertz CT molecular complexity index is 1280. The van der Waals surface area contributed by atoms with E-state index in [-0.39, 0.29) is 31.1 Å². The van der Waals surface area contributed by atoms with Crippen LogP contribution in [0, 0.1) is 0 Å². The Balaban J connectivity index is 4.09. The van der Waals surface area contributed by atoms with Crippen LogP contribution in [-0.4, -0.2) is 37.2 Å². The molecule has 0 aromatic rings. The standard InChI is InChI=1S/C76H146O6/c1-4-7-10-13-16-19-22-24-26-28-30-32-34-35-36-37-38-39-40-42-43-45-47-49-51-54-57-60-63-66-69-75(78)81-72-73(71-80-74(77)68-65-62-59-56-53-21-18-15-12-9-6-3)82-76(79)70-67-64-61-58-55-52-50-48-46-44-41-33-31-29-27-25-23-20-17-14-11-8-5-2/h15,18,73H,4-14,16-17,19-72H2,1-3H3/b18-15-. The molecule has 0 bridgehead atoms. The van der Waals surface area contributed by atoms with Crippen LogP contribution in [0.15, 0.2) is 12.2 Å². The molecule has 0 spiro atoms. The van der Waals surface area contributed by atoms with Gasteiger partial charge in [0.05, 0.1) is 0 Å². The average Bonchev–Trinajstić information content (AvgIpc) is 3.48. The summed E-state index contributed by atoms with van der Waals surface area (Å²) in [6.45, 7) is 6.69. The van der Waals surface area contributed by atoms with E-state index in [1.807, 2.05) is 0 Å². The van der Waals surface area contributed by atoms with Crippen LogP contribution >= 0.6 is 0 Å². The minimum Gasteiger partial charge on any atom is -0.462 e. The van der Waals surface area contributed by atoms with Crippen LogP contribution in [-0.2, 0) is 28.6 Å². The molecule has 82 heavy (non-hydrogen) atoms. The van der Waals surface area contributed by atoms with Crippen molar-refractivity contribution in [3.8, 4) is 0 Å². The first-order chi connectivity index (χ1) is 40.5. The molecule has 0 aromatic heterocycles. The summed E-state index contributed by atoms with van der Waals surface area (Å²) in [5.74, 6) is -0.840. The molecule has 1 unspecified atom stereocenters. The second kappa shape index (κ2) is 71.6. The van der Waals surface area contributed by atoms with Gasteiger partial charge in [0, 0.05) is 19.3 Å². The fraction of sp³-hybridized carbons (Fsp3) is 0.934. The first-order valence-electron chi connectivity index (χ1n) is 37.7. The Morgan fingerprint density at radius 2 is 0.415 bits per heavy atom. The van der Waals surface area contributed by atoms with Gasteiger partial charge in [-0.05, 0) is 38.5 Å². The quantitative estimate of drug-likeness (QED) is 0.0261. The Labute approximate surface area is 513 Å². The van der Waals surface area contributed by atoms with E-state index in [2.05, 4.69) is 32.9 Å². The van der Waals surface area contributed by atoms with Crippen LogP contribution in [0.1, 0.15) is 438 Å². The summed E-state index contributed by atoms with van der Waals surface area (Å²) in [7, 11) is 0. The molecule has 0 amide bonds. The Kier molecular flexibility index (Phi) is 70.0. The normalized spacial score (nSPS) is 12.0. The van der Waals surface area contributed by atoms with E-state index in [0.29, 0.717) is 19.3 Å². The van der Waals surface area contributed by atoms with E-state index in [1.165, 1.54) is 334 Å². The molecule has 1 atom stereocenters. The monoisotopic (exact) mass is 1160 g/mol. The molecule has 6 heteroatoms. The van der Waals surface area contributed by atoms with Gasteiger partial charge in [0.15, 0.2) is 6.10 Å². The predicted molar refractivity (Wildman–Crippen MR) is 358 cm³/mol. The SMILES string of the molecule is CCCC/C=C\CCCCCCCC(=O)OCC(COC(=O)CCCCCCCCCCCCCCCCCCCCCCCCCCCCCCCC)OC(=O)CCCCCCCCCCCCCCCCCCCCCCCCC. The van der Waals surface area contributed by atoms with E-state index in [9.17, 15) is 14.4 Å². The van der Waals surface area contributed by atoms with E-state index >= 15 is 0 Å². The van der Waals surface area contributed by atoms with Crippen LogP contribution < -0.4 is 0 Å². The first kappa shape index (κ1) is 80.2. The van der Waals surface area contributed by atoms with Gasteiger partial charge in [-0.25, -0.2) is 0 Å². The number of ether oxygens (including phenoxy) is 3. The van der Waals surface area contributed by atoms with E-state index in [4.69, 9.17) is 14.2 Å². The molecule has 486 valence electrons. The van der Waals surface area contributed by atoms with Gasteiger partial charge < -0.3 is 14.2 Å². The summed E-state index contributed by atoms with van der Waals surface area (Å²) in [4.78, 5) is 38.4. The van der Waals surface area contributed by atoms with Gasteiger partial charge in [-0.1, -0.05) is 392 Å². The fourth-order valence-electron chi connectivity index (χ4n) is 11.8. The molecule has 0 N–H and O–H groups in total. The lowest BCUT2D eigenvalue weighted by Crippen LogP contribution is -2.30. The summed E-state index contributed by atoms with van der Waals surface area (Å²) in [6.07, 6.45) is 87.1. The molecule has 0 rings (SSSR count). The molecular formula is C76H146O6. The summed E-state index contributed by atoms with van der Waals surface area (Å²) in [5, 5.41) is 0. The summed E-state index contributed by atoms with van der Waals surface area (Å²) < 4.78 is 17.0. The topological polar surface area (TPSA) is 78.9 Å². The summed E-state index contributed by atoms with van der Waals surface area (Å²) >= 11 is 0. The van der Waals surface area contributed by atoms with Crippen molar-refractivity contribution in [2.75, 3.05) is 13.2 Å². The zero-order valence-corrected chi connectivity index (χ0v) is 56.1. The van der Waals surface area contributed by atoms with E-state index in [0.717, 1.165) is 64.2 Å². The lowest BCUT2D eigenvalue weighted by molar-refractivity contribution is -0.167. The zero-order chi connectivity index (χ0) is 59.2. The van der Waals surface area contributed by atoms with Gasteiger partial charge in [-0.2, -0.15) is 0 Å². The summed E-state index contributed by atoms with van der Waals surface area (Å²) in [5.41, 5.74) is 0. The number of hydrogen-bond donors (Lipinski definition) is 0. The molecule has 0 radical (unpaired) electrons. The molecule has 0 saturated heterocycles. The third-order valence-electron chi connectivity index (χ3n) is 17.5. The smallest absolute Gasteiger partial charge is 0.306 e. The minimum absolute atomic E-state index is 0.0657. The largest absolute Gasteiger partial charge is 0.462 e. The van der Waals surface area contributed by atoms with Crippen molar-refractivity contribution in [2.24, 2.45) is 0 Å². The molecule has 0 aliphatic rings. The molecule has 0 aliphatic carbocycles. The van der Waals surface area contributed by atoms with Gasteiger partial charge in [0.2, 0.25) is 0 Å². The van der Waals surface area contributed by atoms with Crippen LogP contribution in [0.5, 0.6) is 0 Å². The Morgan fingerprint density at radius 3 is 0.646 bits per heavy atom. The van der Waals surface area contributed by atoms with Gasteiger partial charge in [0.1, 0.15) is 13.2 Å². The predicted octanol–water partition coefficient (Wildman–Crippen LogP) is 26.0. The van der Waals surface area contributed by atoms with Gasteiger partial charge in [-0.3, -0.25) is 14.4 Å². The van der Waals surface area contributed by atoms with Crippen molar-refractivity contribution in [3.63, 3.8) is 0 Å². The van der Waals surface area contributed by atoms with Crippen molar-refractivity contribution in [2.45, 2.75) is 444 Å². The highest BCUT2D eigenvalue weighted by atomic mass is 16.6. The molecule has 0 aliphatic heterocycles. The van der Waals surface area contributed by atoms with Gasteiger partial charge in [-0.15, -0.1) is 0 Å². The Morgan fingerprint density at radius 1 is 0.232 bits per heavy atom. The van der Waals surface area contributed by atoms with Crippen molar-refractivity contribution >= 4 is 17.9 Å². The van der Waals surface area contributed by atoms with Crippen molar-refractivity contribution in [1.29, 1.82) is 0 Å². The molecule has 0 heterocycles. The third-order valence-corrected chi connectivity index (χ3v) is 17.5. The van der Waals surface area contributed by atoms with Crippen LogP contribution in [0.25, 0.3) is 0 Å². The number of hydrogen-bond acceptors (Lipinski definition) is 6. The maximum atomic E-state index is 13.0. The van der Waals surface area contributed by atoms with E-state index in [1.54, 1.807) is 0 Å². The van der Waals surface area contributed by atoms with Gasteiger partial charge >= 0.3 is 17.9 Å². The van der Waals surface area contributed by atoms with E-state index < -0.39 is 6.10 Å². The molecule has 0 saturated carbocycles. The average molecular weight is 1160 g/mol. The maximum Gasteiger partial charge on any atom is 0.306 e. The number of carbonyl (C=O) groups is 3. The highest BCUT2D eigenvalue weighted by Crippen LogP contribution is 2.20. The zero-order valence-electron chi connectivity index (χ0n) is 56.1. The number of esters is 3. The van der Waals surface area contributed by atoms with Crippen LogP contribution in [0.4, 0.5) is 0 Å². The van der Waals surface area contributed by atoms with Crippen LogP contribution in [0.2, 0.25) is 0 Å². The molecule has 6 nitrogen and oxygen atoms in total. The molecule has 0 aromatic carbocycles. The van der Waals surface area contributed by atoms with Crippen molar-refractivity contribution < 1.29 is 28.6 Å². The lowest BCUT2D eigenvalue weighted by Gasteiger charge is -2.18. The minimum atomic E-state index is -0.770. The summed E-state index contributed by atoms with van der Waals surface area (Å²) in [6, 6.07) is 0.